The summed E-state index contributed by atoms with van der Waals surface area (Å²) in [5.74, 6) is 1.15. The van der Waals surface area contributed by atoms with Gasteiger partial charge in [0.15, 0.2) is 0 Å². The van der Waals surface area contributed by atoms with Gasteiger partial charge in [-0.05, 0) is 24.0 Å². The monoisotopic (exact) mass is 258 g/mol. The summed E-state index contributed by atoms with van der Waals surface area (Å²) >= 11 is 0. The molecule has 1 aliphatic carbocycles. The van der Waals surface area contributed by atoms with Crippen molar-refractivity contribution in [3.8, 4) is 22.6 Å². The van der Waals surface area contributed by atoms with Crippen LogP contribution in [0.15, 0.2) is 48.5 Å². The summed E-state index contributed by atoms with van der Waals surface area (Å²) in [5.41, 5.74) is 8.08. The maximum absolute atomic E-state index is 4.98. The van der Waals surface area contributed by atoms with Gasteiger partial charge in [-0.2, -0.15) is 0 Å². The van der Waals surface area contributed by atoms with Crippen LogP contribution in [0.5, 0.6) is 0 Å². The highest BCUT2D eigenvalue weighted by Gasteiger charge is 2.28. The van der Waals surface area contributed by atoms with E-state index in [0.717, 1.165) is 25.2 Å². The van der Waals surface area contributed by atoms with Crippen molar-refractivity contribution >= 4 is 0 Å². The summed E-state index contributed by atoms with van der Waals surface area (Å²) in [5, 5.41) is 0. The summed E-state index contributed by atoms with van der Waals surface area (Å²) < 4.78 is 2.41. The SMILES string of the molecule is c1ccc2c(c1)CCc1c-2nc2n1Cc1ccccc1-2. The molecule has 0 fully saturated rings. The number of hydrogen-bond donors (Lipinski definition) is 0. The molecule has 1 aromatic heterocycles. The lowest BCUT2D eigenvalue weighted by atomic mass is 9.92. The van der Waals surface area contributed by atoms with Crippen molar-refractivity contribution in [1.82, 2.24) is 9.55 Å². The molecule has 0 N–H and O–H groups in total. The fourth-order valence-corrected chi connectivity index (χ4v) is 3.60. The number of nitrogens with zero attached hydrogens (tertiary/aromatic N) is 2. The van der Waals surface area contributed by atoms with Gasteiger partial charge in [0.05, 0.1) is 12.2 Å². The van der Waals surface area contributed by atoms with E-state index in [-0.39, 0.29) is 0 Å². The lowest BCUT2D eigenvalue weighted by Gasteiger charge is -2.16. The molecule has 0 bridgehead atoms. The van der Waals surface area contributed by atoms with Gasteiger partial charge in [-0.15, -0.1) is 0 Å². The predicted octanol–water partition coefficient (Wildman–Crippen LogP) is 3.68. The van der Waals surface area contributed by atoms with Crippen LogP contribution in [-0.2, 0) is 19.4 Å². The van der Waals surface area contributed by atoms with Crippen LogP contribution in [0, 0.1) is 0 Å². The van der Waals surface area contributed by atoms with E-state index in [2.05, 4.69) is 53.1 Å². The van der Waals surface area contributed by atoms with Crippen molar-refractivity contribution in [1.29, 1.82) is 0 Å². The van der Waals surface area contributed by atoms with Gasteiger partial charge in [-0.1, -0.05) is 48.5 Å². The zero-order valence-corrected chi connectivity index (χ0v) is 11.1. The van der Waals surface area contributed by atoms with Crippen molar-refractivity contribution in [3.05, 3.63) is 65.4 Å². The zero-order valence-electron chi connectivity index (χ0n) is 11.1. The van der Waals surface area contributed by atoms with Crippen LogP contribution in [-0.4, -0.2) is 9.55 Å². The molecule has 20 heavy (non-hydrogen) atoms. The van der Waals surface area contributed by atoms with E-state index in [1.807, 2.05) is 0 Å². The molecule has 0 amide bonds. The number of fused-ring (bicyclic) bond motifs is 7. The van der Waals surface area contributed by atoms with Crippen LogP contribution in [0.4, 0.5) is 0 Å². The van der Waals surface area contributed by atoms with Crippen molar-refractivity contribution in [2.45, 2.75) is 19.4 Å². The van der Waals surface area contributed by atoms with Crippen molar-refractivity contribution in [2.24, 2.45) is 0 Å². The Morgan fingerprint density at radius 3 is 2.45 bits per heavy atom. The summed E-state index contributed by atoms with van der Waals surface area (Å²) in [6.45, 7) is 0.982. The molecule has 0 saturated heterocycles. The summed E-state index contributed by atoms with van der Waals surface area (Å²) in [4.78, 5) is 4.98. The fraction of sp³-hybridized carbons (Fsp3) is 0.167. The van der Waals surface area contributed by atoms with Gasteiger partial charge in [-0.25, -0.2) is 4.98 Å². The lowest BCUT2D eigenvalue weighted by molar-refractivity contribution is 0.756. The molecular formula is C18H14N2. The topological polar surface area (TPSA) is 17.8 Å². The maximum Gasteiger partial charge on any atom is 0.141 e. The van der Waals surface area contributed by atoms with Gasteiger partial charge in [0.25, 0.3) is 0 Å². The quantitative estimate of drug-likeness (QED) is 0.470. The number of aryl methyl sites for hydroxylation is 1. The number of hydrogen-bond acceptors (Lipinski definition) is 1. The Morgan fingerprint density at radius 2 is 1.55 bits per heavy atom. The van der Waals surface area contributed by atoms with Gasteiger partial charge >= 0.3 is 0 Å². The molecule has 2 heteroatoms. The van der Waals surface area contributed by atoms with E-state index in [1.54, 1.807) is 0 Å². The van der Waals surface area contributed by atoms with Crippen LogP contribution in [0.2, 0.25) is 0 Å². The highest BCUT2D eigenvalue weighted by Crippen LogP contribution is 2.40. The van der Waals surface area contributed by atoms with Crippen molar-refractivity contribution < 1.29 is 0 Å². The molecule has 96 valence electrons. The maximum atomic E-state index is 4.98. The second kappa shape index (κ2) is 3.60. The van der Waals surface area contributed by atoms with Gasteiger partial charge in [0, 0.05) is 16.8 Å². The minimum absolute atomic E-state index is 0.982. The third kappa shape index (κ3) is 1.21. The van der Waals surface area contributed by atoms with Gasteiger partial charge in [0.2, 0.25) is 0 Å². The molecule has 2 aliphatic rings. The molecule has 2 nitrogen and oxygen atoms in total. The molecule has 0 radical (unpaired) electrons. The van der Waals surface area contributed by atoms with Crippen LogP contribution < -0.4 is 0 Å². The van der Waals surface area contributed by atoms with Crippen molar-refractivity contribution in [3.63, 3.8) is 0 Å². The van der Waals surface area contributed by atoms with E-state index >= 15 is 0 Å². The second-order valence-corrected chi connectivity index (χ2v) is 5.63. The van der Waals surface area contributed by atoms with Crippen molar-refractivity contribution in [2.75, 3.05) is 0 Å². The lowest BCUT2D eigenvalue weighted by Crippen LogP contribution is -2.08. The minimum Gasteiger partial charge on any atom is -0.323 e. The normalized spacial score (nSPS) is 14.4. The second-order valence-electron chi connectivity index (χ2n) is 5.63. The minimum atomic E-state index is 0.982. The van der Waals surface area contributed by atoms with E-state index in [4.69, 9.17) is 4.98 Å². The first-order valence-corrected chi connectivity index (χ1v) is 7.18. The Labute approximate surface area is 117 Å². The molecule has 0 unspecified atom stereocenters. The van der Waals surface area contributed by atoms with E-state index in [0.29, 0.717) is 0 Å². The van der Waals surface area contributed by atoms with E-state index in [1.165, 1.54) is 33.6 Å². The first-order chi connectivity index (χ1) is 9.92. The van der Waals surface area contributed by atoms with E-state index < -0.39 is 0 Å². The first kappa shape index (κ1) is 10.4. The highest BCUT2D eigenvalue weighted by molar-refractivity contribution is 5.75. The summed E-state index contributed by atoms with van der Waals surface area (Å²) in [6, 6.07) is 17.3. The van der Waals surface area contributed by atoms with Crippen LogP contribution in [0.25, 0.3) is 22.6 Å². The number of aromatic nitrogens is 2. The summed E-state index contributed by atoms with van der Waals surface area (Å²) in [7, 11) is 0. The van der Waals surface area contributed by atoms with Crippen LogP contribution in [0.3, 0.4) is 0 Å². The molecule has 0 spiro atoms. The van der Waals surface area contributed by atoms with Gasteiger partial charge < -0.3 is 4.57 Å². The molecule has 0 saturated carbocycles. The third-order valence-corrected chi connectivity index (χ3v) is 4.56. The average Bonchev–Trinajstić information content (AvgIpc) is 3.03. The van der Waals surface area contributed by atoms with Crippen LogP contribution >= 0.6 is 0 Å². The number of benzene rings is 2. The molecule has 5 rings (SSSR count). The molecule has 0 atom stereocenters. The standard InChI is InChI=1S/C18H14N2/c1-3-7-14-12(5-1)9-10-16-17(14)19-18-15-8-4-2-6-13(15)11-20(16)18/h1-8H,9-11H2. The Balaban J connectivity index is 1.79. The molecule has 2 aromatic carbocycles. The third-order valence-electron chi connectivity index (χ3n) is 4.56. The predicted molar refractivity (Wildman–Crippen MR) is 79.6 cm³/mol. The van der Waals surface area contributed by atoms with Crippen LogP contribution in [0.1, 0.15) is 16.8 Å². The Kier molecular flexibility index (Phi) is 1.88. The fourth-order valence-electron chi connectivity index (χ4n) is 3.60. The van der Waals surface area contributed by atoms with Gasteiger partial charge in [-0.3, -0.25) is 0 Å². The molecular weight excluding hydrogens is 244 g/mol. The van der Waals surface area contributed by atoms with E-state index in [9.17, 15) is 0 Å². The largest absolute Gasteiger partial charge is 0.323 e. The Morgan fingerprint density at radius 1 is 0.800 bits per heavy atom. The first-order valence-electron chi connectivity index (χ1n) is 7.18. The number of imidazole rings is 1. The van der Waals surface area contributed by atoms with Gasteiger partial charge in [0.1, 0.15) is 5.82 Å². The zero-order chi connectivity index (χ0) is 13.1. The number of rotatable bonds is 0. The highest BCUT2D eigenvalue weighted by atomic mass is 15.1. The molecule has 3 aromatic rings. The molecule has 1 aliphatic heterocycles. The Hall–Kier alpha value is -2.35. The molecule has 2 heterocycles. The Bertz CT molecular complexity index is 842. The average molecular weight is 258 g/mol. The summed E-state index contributed by atoms with van der Waals surface area (Å²) in [6.07, 6.45) is 2.23. The smallest absolute Gasteiger partial charge is 0.141 e.